The first-order valence-electron chi connectivity index (χ1n) is 6.03. The third kappa shape index (κ3) is 3.95. The summed E-state index contributed by atoms with van der Waals surface area (Å²) in [5, 5.41) is 3.80. The molecule has 1 aliphatic carbocycles. The average Bonchev–Trinajstić information content (AvgIpc) is 2.28. The average molecular weight is 308 g/mol. The van der Waals surface area contributed by atoms with E-state index in [-0.39, 0.29) is 10.7 Å². The van der Waals surface area contributed by atoms with Gasteiger partial charge in [0.25, 0.3) is 0 Å². The summed E-state index contributed by atoms with van der Waals surface area (Å²) in [6, 6.07) is 0.370. The molecule has 0 saturated heterocycles. The molecule has 3 unspecified atom stereocenters. The molecule has 94 valence electrons. The molecule has 0 heterocycles. The zero-order chi connectivity index (χ0) is 12.1. The van der Waals surface area contributed by atoms with Crippen LogP contribution in [0.3, 0.4) is 0 Å². The van der Waals surface area contributed by atoms with E-state index >= 15 is 0 Å². The van der Waals surface area contributed by atoms with Gasteiger partial charge in [0, 0.05) is 11.3 Å². The molecule has 0 aromatic heterocycles. The molecule has 1 amide bonds. The molecule has 0 bridgehead atoms. The van der Waals surface area contributed by atoms with Gasteiger partial charge in [-0.15, -0.1) is 0 Å². The van der Waals surface area contributed by atoms with Crippen LogP contribution < -0.4 is 5.32 Å². The van der Waals surface area contributed by atoms with E-state index in [1.54, 1.807) is 0 Å². The first-order chi connectivity index (χ1) is 7.56. The maximum Gasteiger partial charge on any atom is 0.234 e. The lowest BCUT2D eigenvalue weighted by Crippen LogP contribution is -2.47. The van der Waals surface area contributed by atoms with Crippen LogP contribution >= 0.6 is 27.7 Å². The highest BCUT2D eigenvalue weighted by atomic mass is 79.9. The minimum atomic E-state index is -0.0584. The van der Waals surface area contributed by atoms with Crippen molar-refractivity contribution >= 4 is 33.6 Å². The molecule has 4 heteroatoms. The van der Waals surface area contributed by atoms with Crippen LogP contribution in [0, 0.1) is 5.92 Å². The number of carbonyl (C=O) groups excluding carboxylic acids is 1. The lowest BCUT2D eigenvalue weighted by atomic mass is 9.94. The molecule has 0 aliphatic heterocycles. The summed E-state index contributed by atoms with van der Waals surface area (Å²) < 4.78 is 0. The lowest BCUT2D eigenvalue weighted by Gasteiger charge is -2.32. The van der Waals surface area contributed by atoms with Gasteiger partial charge in [-0.25, -0.2) is 0 Å². The third-order valence-corrected chi connectivity index (χ3v) is 5.81. The fraction of sp³-hybridized carbons (Fsp3) is 0.917. The van der Waals surface area contributed by atoms with Gasteiger partial charge in [-0.2, -0.15) is 11.8 Å². The topological polar surface area (TPSA) is 29.1 Å². The van der Waals surface area contributed by atoms with E-state index in [2.05, 4.69) is 41.3 Å². The first kappa shape index (κ1) is 14.4. The zero-order valence-corrected chi connectivity index (χ0v) is 12.7. The van der Waals surface area contributed by atoms with Crippen molar-refractivity contribution in [3.63, 3.8) is 0 Å². The number of thioether (sulfide) groups is 1. The molecule has 1 aliphatic rings. The number of hydrogen-bond acceptors (Lipinski definition) is 2. The van der Waals surface area contributed by atoms with Crippen LogP contribution in [0.15, 0.2) is 0 Å². The maximum atomic E-state index is 11.9. The third-order valence-electron chi connectivity index (χ3n) is 3.17. The molecule has 1 rings (SSSR count). The van der Waals surface area contributed by atoms with Gasteiger partial charge in [-0.05, 0) is 25.0 Å². The molecule has 0 spiro atoms. The molecule has 3 atom stereocenters. The van der Waals surface area contributed by atoms with Gasteiger partial charge in [-0.3, -0.25) is 4.79 Å². The van der Waals surface area contributed by atoms with E-state index in [0.29, 0.717) is 17.2 Å². The van der Waals surface area contributed by atoms with Crippen LogP contribution in [-0.2, 0) is 4.79 Å². The van der Waals surface area contributed by atoms with Gasteiger partial charge in [-0.1, -0.05) is 42.6 Å². The molecule has 1 N–H and O–H groups in total. The standard InChI is InChI=1S/C12H22BrNOS/c1-8(2)11(13)12(15)14-9-6-4-5-7-10(9)16-3/h8-11H,4-7H2,1-3H3,(H,14,15). The minimum Gasteiger partial charge on any atom is -0.351 e. The van der Waals surface area contributed by atoms with Crippen molar-refractivity contribution < 1.29 is 4.79 Å². The zero-order valence-electron chi connectivity index (χ0n) is 10.3. The van der Waals surface area contributed by atoms with E-state index in [1.807, 2.05) is 11.8 Å². The normalized spacial score (nSPS) is 27.8. The molecule has 0 aromatic rings. The molecule has 2 nitrogen and oxygen atoms in total. The van der Waals surface area contributed by atoms with Crippen LogP contribution in [0.5, 0.6) is 0 Å². The van der Waals surface area contributed by atoms with Crippen LogP contribution in [-0.4, -0.2) is 28.3 Å². The van der Waals surface area contributed by atoms with Crippen molar-refractivity contribution in [1.29, 1.82) is 0 Å². The van der Waals surface area contributed by atoms with Crippen LogP contribution in [0.1, 0.15) is 39.5 Å². The first-order valence-corrected chi connectivity index (χ1v) is 8.24. The van der Waals surface area contributed by atoms with Crippen molar-refractivity contribution in [2.75, 3.05) is 6.26 Å². The van der Waals surface area contributed by atoms with E-state index in [0.717, 1.165) is 6.42 Å². The monoisotopic (exact) mass is 307 g/mol. The lowest BCUT2D eigenvalue weighted by molar-refractivity contribution is -0.121. The summed E-state index contributed by atoms with van der Waals surface area (Å²) in [7, 11) is 0. The minimum absolute atomic E-state index is 0.0584. The van der Waals surface area contributed by atoms with Gasteiger partial charge in [0.2, 0.25) is 5.91 Å². The Hall–Kier alpha value is 0.300. The second-order valence-corrected chi connectivity index (χ2v) is 6.88. The van der Waals surface area contributed by atoms with Crippen LogP contribution in [0.4, 0.5) is 0 Å². The van der Waals surface area contributed by atoms with Crippen molar-refractivity contribution in [1.82, 2.24) is 5.32 Å². The van der Waals surface area contributed by atoms with Crippen molar-refractivity contribution in [2.45, 2.75) is 55.6 Å². The Morgan fingerprint density at radius 1 is 1.38 bits per heavy atom. The SMILES string of the molecule is CSC1CCCCC1NC(=O)C(Br)C(C)C. The van der Waals surface area contributed by atoms with E-state index in [9.17, 15) is 4.79 Å². The predicted octanol–water partition coefficient (Wildman–Crippen LogP) is 3.20. The van der Waals surface area contributed by atoms with E-state index < -0.39 is 0 Å². The Bertz CT molecular complexity index is 235. The van der Waals surface area contributed by atoms with Crippen LogP contribution in [0.25, 0.3) is 0 Å². The van der Waals surface area contributed by atoms with Crippen molar-refractivity contribution in [3.05, 3.63) is 0 Å². The molecular weight excluding hydrogens is 286 g/mol. The molecule has 1 fully saturated rings. The summed E-state index contributed by atoms with van der Waals surface area (Å²) in [6.07, 6.45) is 7.06. The fourth-order valence-electron chi connectivity index (χ4n) is 2.11. The summed E-state index contributed by atoms with van der Waals surface area (Å²) >= 11 is 5.34. The van der Waals surface area contributed by atoms with Gasteiger partial charge in [0.15, 0.2) is 0 Å². The van der Waals surface area contributed by atoms with Crippen molar-refractivity contribution in [2.24, 2.45) is 5.92 Å². The molecular formula is C12H22BrNOS. The largest absolute Gasteiger partial charge is 0.351 e. The Kier molecular flexibility index (Phi) is 6.19. The van der Waals surface area contributed by atoms with Gasteiger partial charge in [0.1, 0.15) is 0 Å². The summed E-state index contributed by atoms with van der Waals surface area (Å²) in [5.41, 5.74) is 0. The molecule has 0 radical (unpaired) electrons. The summed E-state index contributed by atoms with van der Waals surface area (Å²) in [4.78, 5) is 11.9. The predicted molar refractivity (Wildman–Crippen MR) is 75.3 cm³/mol. The number of nitrogens with one attached hydrogen (secondary N) is 1. The van der Waals surface area contributed by atoms with Gasteiger partial charge in [0.05, 0.1) is 4.83 Å². The number of carbonyl (C=O) groups is 1. The Morgan fingerprint density at radius 2 is 2.00 bits per heavy atom. The van der Waals surface area contributed by atoms with Crippen LogP contribution in [0.2, 0.25) is 0 Å². The number of amides is 1. The molecule has 0 aromatic carbocycles. The highest BCUT2D eigenvalue weighted by Crippen LogP contribution is 2.27. The number of alkyl halides is 1. The number of halogens is 1. The Labute approximate surface area is 111 Å². The second-order valence-electron chi connectivity index (χ2n) is 4.82. The summed E-state index contributed by atoms with van der Waals surface area (Å²) in [6.45, 7) is 4.12. The number of rotatable bonds is 4. The molecule has 1 saturated carbocycles. The Morgan fingerprint density at radius 3 is 2.56 bits per heavy atom. The van der Waals surface area contributed by atoms with E-state index in [1.165, 1.54) is 19.3 Å². The van der Waals surface area contributed by atoms with E-state index in [4.69, 9.17) is 0 Å². The quantitative estimate of drug-likeness (QED) is 0.808. The fourth-order valence-corrected chi connectivity index (χ4v) is 3.18. The summed E-state index contributed by atoms with van der Waals surface area (Å²) in [5.74, 6) is 0.497. The highest BCUT2D eigenvalue weighted by Gasteiger charge is 2.28. The van der Waals surface area contributed by atoms with Gasteiger partial charge < -0.3 is 5.32 Å². The second kappa shape index (κ2) is 6.90. The van der Waals surface area contributed by atoms with Gasteiger partial charge >= 0.3 is 0 Å². The smallest absolute Gasteiger partial charge is 0.234 e. The van der Waals surface area contributed by atoms with Crippen molar-refractivity contribution in [3.8, 4) is 0 Å². The molecule has 16 heavy (non-hydrogen) atoms. The maximum absolute atomic E-state index is 11.9. The Balaban J connectivity index is 2.48. The number of hydrogen-bond donors (Lipinski definition) is 1. The highest BCUT2D eigenvalue weighted by molar-refractivity contribution is 9.10.